The van der Waals surface area contributed by atoms with Gasteiger partial charge in [-0.2, -0.15) is 0 Å². The van der Waals surface area contributed by atoms with Gasteiger partial charge in [-0.3, -0.25) is 0 Å². The van der Waals surface area contributed by atoms with E-state index in [2.05, 4.69) is 25.9 Å². The topological polar surface area (TPSA) is 3.24 Å². The van der Waals surface area contributed by atoms with Crippen LogP contribution in [0.2, 0.25) is 0 Å². The van der Waals surface area contributed by atoms with Crippen molar-refractivity contribution < 1.29 is 31.0 Å². The minimum Gasteiger partial charge on any atom is -1.00 e. The minimum absolute atomic E-state index is 0. The van der Waals surface area contributed by atoms with Gasteiger partial charge in [-0.25, -0.2) is 0 Å². The predicted molar refractivity (Wildman–Crippen MR) is 25.3 cm³/mol. The van der Waals surface area contributed by atoms with Crippen molar-refractivity contribution in [1.29, 1.82) is 0 Å². The number of nitrogens with zero attached hydrogens (tertiary/aromatic N) is 1. The van der Waals surface area contributed by atoms with Gasteiger partial charge in [0.2, 0.25) is 0 Å². The molecule has 0 aromatic carbocycles. The zero-order valence-corrected chi connectivity index (χ0v) is 7.15. The van der Waals surface area contributed by atoms with E-state index < -0.39 is 0 Å². The van der Waals surface area contributed by atoms with E-state index in [0.717, 1.165) is 6.54 Å². The number of hydrogen-bond donors (Lipinski definition) is 0. The SMILES string of the molecule is CCN(C)C.[H-].[Na+]. The van der Waals surface area contributed by atoms with Gasteiger partial charge in [-0.1, -0.05) is 6.92 Å². The summed E-state index contributed by atoms with van der Waals surface area (Å²) >= 11 is 0. The van der Waals surface area contributed by atoms with Crippen LogP contribution in [0.4, 0.5) is 0 Å². The Labute approximate surface area is 63.5 Å². The first-order valence-corrected chi connectivity index (χ1v) is 1.92. The molecule has 34 valence electrons. The number of rotatable bonds is 1. The van der Waals surface area contributed by atoms with Gasteiger partial charge in [-0.05, 0) is 20.6 Å². The van der Waals surface area contributed by atoms with Crippen molar-refractivity contribution in [3.63, 3.8) is 0 Å². The predicted octanol–water partition coefficient (Wildman–Crippen LogP) is -2.32. The molecule has 2 heteroatoms. The summed E-state index contributed by atoms with van der Waals surface area (Å²) in [6.07, 6.45) is 0. The van der Waals surface area contributed by atoms with E-state index >= 15 is 0 Å². The van der Waals surface area contributed by atoms with Gasteiger partial charge in [-0.15, -0.1) is 0 Å². The van der Waals surface area contributed by atoms with Crippen molar-refractivity contribution in [2.45, 2.75) is 6.92 Å². The second-order valence-electron chi connectivity index (χ2n) is 1.40. The number of hydrogen-bond acceptors (Lipinski definition) is 1. The van der Waals surface area contributed by atoms with Crippen LogP contribution in [0, 0.1) is 0 Å². The molecular formula is C4H12NNa. The van der Waals surface area contributed by atoms with Crippen LogP contribution < -0.4 is 29.6 Å². The molecular weight excluding hydrogens is 85.0 g/mol. The Balaban J connectivity index is -0.0000000800. The fourth-order valence-corrected chi connectivity index (χ4v) is 0. The van der Waals surface area contributed by atoms with E-state index in [1.807, 2.05) is 0 Å². The van der Waals surface area contributed by atoms with E-state index in [4.69, 9.17) is 0 Å². The van der Waals surface area contributed by atoms with Crippen LogP contribution in [0.5, 0.6) is 0 Å². The molecule has 0 aromatic rings. The zero-order valence-electron chi connectivity index (χ0n) is 6.15. The molecule has 0 rings (SSSR count). The van der Waals surface area contributed by atoms with Gasteiger partial charge in [0.25, 0.3) is 0 Å². The van der Waals surface area contributed by atoms with E-state index in [1.165, 1.54) is 0 Å². The van der Waals surface area contributed by atoms with Gasteiger partial charge in [0.15, 0.2) is 0 Å². The molecule has 0 fully saturated rings. The second kappa shape index (κ2) is 5.96. The van der Waals surface area contributed by atoms with Crippen molar-refractivity contribution in [3.05, 3.63) is 0 Å². The third-order valence-corrected chi connectivity index (χ3v) is 0.632. The Hall–Kier alpha value is 0.960. The summed E-state index contributed by atoms with van der Waals surface area (Å²) in [5, 5.41) is 0. The van der Waals surface area contributed by atoms with Crippen molar-refractivity contribution in [2.24, 2.45) is 0 Å². The molecule has 0 spiro atoms. The summed E-state index contributed by atoms with van der Waals surface area (Å²) in [4.78, 5) is 2.12. The largest absolute Gasteiger partial charge is 1.00 e. The van der Waals surface area contributed by atoms with E-state index in [1.54, 1.807) is 0 Å². The summed E-state index contributed by atoms with van der Waals surface area (Å²) in [5.74, 6) is 0. The first kappa shape index (κ1) is 10.0. The monoisotopic (exact) mass is 97.1 g/mol. The maximum absolute atomic E-state index is 2.12. The Morgan fingerprint density at radius 1 is 1.50 bits per heavy atom. The smallest absolute Gasteiger partial charge is 1.00 e. The van der Waals surface area contributed by atoms with Crippen molar-refractivity contribution >= 4 is 0 Å². The summed E-state index contributed by atoms with van der Waals surface area (Å²) < 4.78 is 0. The third-order valence-electron chi connectivity index (χ3n) is 0.632. The van der Waals surface area contributed by atoms with Gasteiger partial charge in [0, 0.05) is 0 Å². The quantitative estimate of drug-likeness (QED) is 0.332. The first-order chi connectivity index (χ1) is 2.27. The van der Waals surface area contributed by atoms with Crippen LogP contribution in [0.3, 0.4) is 0 Å². The Bertz CT molecular complexity index is 25.7. The molecule has 0 bridgehead atoms. The average Bonchev–Trinajstić information content (AvgIpc) is 1.38. The van der Waals surface area contributed by atoms with Crippen LogP contribution in [-0.4, -0.2) is 25.5 Å². The summed E-state index contributed by atoms with van der Waals surface area (Å²) in [5.41, 5.74) is 0. The molecule has 0 atom stereocenters. The average molecular weight is 97.1 g/mol. The summed E-state index contributed by atoms with van der Waals surface area (Å²) in [7, 11) is 4.11. The molecule has 1 nitrogen and oxygen atoms in total. The molecule has 6 heavy (non-hydrogen) atoms. The van der Waals surface area contributed by atoms with Gasteiger partial charge in [0.05, 0.1) is 0 Å². The summed E-state index contributed by atoms with van der Waals surface area (Å²) in [6.45, 7) is 3.26. The molecule has 0 aliphatic rings. The van der Waals surface area contributed by atoms with Crippen LogP contribution in [0.15, 0.2) is 0 Å². The van der Waals surface area contributed by atoms with Crippen LogP contribution in [0.1, 0.15) is 8.35 Å². The van der Waals surface area contributed by atoms with Crippen molar-refractivity contribution in [2.75, 3.05) is 20.6 Å². The van der Waals surface area contributed by atoms with Gasteiger partial charge < -0.3 is 6.33 Å². The molecule has 0 radical (unpaired) electrons. The molecule has 0 unspecified atom stereocenters. The van der Waals surface area contributed by atoms with Crippen LogP contribution >= 0.6 is 0 Å². The van der Waals surface area contributed by atoms with Crippen LogP contribution in [0.25, 0.3) is 0 Å². The Morgan fingerprint density at radius 2 is 1.67 bits per heavy atom. The molecule has 0 aliphatic heterocycles. The van der Waals surface area contributed by atoms with E-state index in [-0.39, 0.29) is 31.0 Å². The molecule has 0 aromatic heterocycles. The molecule has 0 amide bonds. The molecule has 0 saturated heterocycles. The maximum Gasteiger partial charge on any atom is 1.00 e. The van der Waals surface area contributed by atoms with E-state index in [0.29, 0.717) is 0 Å². The van der Waals surface area contributed by atoms with Gasteiger partial charge in [0.1, 0.15) is 0 Å². The maximum atomic E-state index is 2.12. The fraction of sp³-hybridized carbons (Fsp3) is 1.00. The van der Waals surface area contributed by atoms with Gasteiger partial charge >= 0.3 is 29.6 Å². The molecule has 0 N–H and O–H groups in total. The fourth-order valence-electron chi connectivity index (χ4n) is 0. The minimum atomic E-state index is 0. The Kier molecular flexibility index (Phi) is 9.98. The molecule has 0 saturated carbocycles. The van der Waals surface area contributed by atoms with Crippen molar-refractivity contribution in [1.82, 2.24) is 4.90 Å². The van der Waals surface area contributed by atoms with Crippen LogP contribution in [-0.2, 0) is 0 Å². The standard InChI is InChI=1S/C4H11N.Na.H/c1-4-5(2)3;;/h4H2,1-3H3;;/q;+1;-1. The zero-order chi connectivity index (χ0) is 4.28. The summed E-state index contributed by atoms with van der Waals surface area (Å²) in [6, 6.07) is 0. The normalized spacial score (nSPS) is 8.00. The van der Waals surface area contributed by atoms with E-state index in [9.17, 15) is 0 Å². The second-order valence-corrected chi connectivity index (χ2v) is 1.40. The Morgan fingerprint density at radius 3 is 1.67 bits per heavy atom. The molecule has 0 heterocycles. The first-order valence-electron chi connectivity index (χ1n) is 1.92. The van der Waals surface area contributed by atoms with Crippen molar-refractivity contribution in [3.8, 4) is 0 Å². The molecule has 0 aliphatic carbocycles. The third kappa shape index (κ3) is 8.88.